The maximum absolute atomic E-state index is 6.53. The normalized spacial score (nSPS) is 11.5. The van der Waals surface area contributed by atoms with Crippen LogP contribution in [0.5, 0.6) is 0 Å². The highest BCUT2D eigenvalue weighted by Crippen LogP contribution is 2.40. The highest BCUT2D eigenvalue weighted by molar-refractivity contribution is 5.67. The summed E-state index contributed by atoms with van der Waals surface area (Å²) < 4.78 is 0. The molecule has 0 atom stereocenters. The largest absolute Gasteiger partial charge is 0.398 e. The molecular formula is C50H58N4. The SMILES string of the molecule is CCc1cc(C(c2ccc(-c3ccc(C(c4cc(C)c(N)c(CC)c4)c4cc(C)c(N)c(CC)c4)cc3)cc2)c2cc(C)c(N)c(CC)c2)cc(C)c1N. The standard InChI is InChI=1S/C50H58N4/c1-9-33-25-41(21-29(5)47(33)51)45(42-22-30(6)48(52)34(10-2)26-42)39-17-13-37(14-18-39)38-15-19-40(20-16-38)46(43-23-31(7)49(53)35(11-3)27-43)44-24-32(8)50(54)36(12-4)28-44/h13-28,45-46H,9-12,51-54H2,1-8H3. The Balaban J connectivity index is 1.42. The number of nitrogens with two attached hydrogens (primary N) is 4. The first-order chi connectivity index (χ1) is 25.9. The molecule has 0 amide bonds. The van der Waals surface area contributed by atoms with E-state index in [1.165, 1.54) is 66.8 Å². The second-order valence-electron chi connectivity index (χ2n) is 15.2. The number of aryl methyl sites for hydroxylation is 8. The second-order valence-corrected chi connectivity index (χ2v) is 15.2. The molecule has 0 aromatic heterocycles. The van der Waals surface area contributed by atoms with Crippen molar-refractivity contribution in [1.82, 2.24) is 0 Å². The van der Waals surface area contributed by atoms with E-state index in [9.17, 15) is 0 Å². The molecule has 6 aromatic carbocycles. The third-order valence-corrected chi connectivity index (χ3v) is 11.7. The Kier molecular flexibility index (Phi) is 11.2. The van der Waals surface area contributed by atoms with Gasteiger partial charge in [-0.1, -0.05) is 125 Å². The Morgan fingerprint density at radius 1 is 0.333 bits per heavy atom. The molecule has 0 unspecified atom stereocenters. The average Bonchev–Trinajstić information content (AvgIpc) is 3.17. The van der Waals surface area contributed by atoms with Gasteiger partial charge < -0.3 is 22.9 Å². The van der Waals surface area contributed by atoms with E-state index in [1.54, 1.807) is 0 Å². The highest BCUT2D eigenvalue weighted by atomic mass is 14.6. The van der Waals surface area contributed by atoms with Crippen LogP contribution in [0, 0.1) is 27.7 Å². The second kappa shape index (κ2) is 15.9. The number of anilines is 4. The Morgan fingerprint density at radius 2 is 0.556 bits per heavy atom. The molecule has 8 N–H and O–H groups in total. The van der Waals surface area contributed by atoms with Crippen LogP contribution in [0.2, 0.25) is 0 Å². The Labute approximate surface area is 323 Å². The van der Waals surface area contributed by atoms with E-state index in [4.69, 9.17) is 22.9 Å². The smallest absolute Gasteiger partial charge is 0.0376 e. The van der Waals surface area contributed by atoms with Crippen LogP contribution in [0.1, 0.15) is 117 Å². The number of hydrogen-bond donors (Lipinski definition) is 4. The number of nitrogen functional groups attached to an aromatic ring is 4. The monoisotopic (exact) mass is 714 g/mol. The summed E-state index contributed by atoms with van der Waals surface area (Å²) in [5, 5.41) is 0. The lowest BCUT2D eigenvalue weighted by Gasteiger charge is -2.24. The molecule has 54 heavy (non-hydrogen) atoms. The van der Waals surface area contributed by atoms with Crippen molar-refractivity contribution in [2.75, 3.05) is 22.9 Å². The number of rotatable bonds is 11. The molecule has 0 aliphatic carbocycles. The van der Waals surface area contributed by atoms with Gasteiger partial charge >= 0.3 is 0 Å². The molecule has 0 heterocycles. The fourth-order valence-electron chi connectivity index (χ4n) is 8.33. The summed E-state index contributed by atoms with van der Waals surface area (Å²) in [4.78, 5) is 0. The lowest BCUT2D eigenvalue weighted by atomic mass is 9.80. The van der Waals surface area contributed by atoms with E-state index in [-0.39, 0.29) is 11.8 Å². The van der Waals surface area contributed by atoms with Crippen molar-refractivity contribution in [3.8, 4) is 11.1 Å². The molecule has 0 bridgehead atoms. The van der Waals surface area contributed by atoms with Crippen molar-refractivity contribution in [2.24, 2.45) is 0 Å². The summed E-state index contributed by atoms with van der Waals surface area (Å²) in [5.74, 6) is 0.0910. The number of hydrogen-bond acceptors (Lipinski definition) is 4. The van der Waals surface area contributed by atoms with E-state index in [0.717, 1.165) is 70.7 Å². The van der Waals surface area contributed by atoms with Gasteiger partial charge in [-0.25, -0.2) is 0 Å². The third kappa shape index (κ3) is 7.35. The molecule has 6 rings (SSSR count). The van der Waals surface area contributed by atoms with E-state index in [0.29, 0.717) is 0 Å². The molecule has 0 saturated carbocycles. The van der Waals surface area contributed by atoms with Crippen LogP contribution >= 0.6 is 0 Å². The summed E-state index contributed by atoms with van der Waals surface area (Å²) in [6.07, 6.45) is 3.55. The van der Waals surface area contributed by atoms with Crippen molar-refractivity contribution < 1.29 is 0 Å². The summed E-state index contributed by atoms with van der Waals surface area (Å²) in [7, 11) is 0. The Morgan fingerprint density at radius 3 is 0.759 bits per heavy atom. The van der Waals surface area contributed by atoms with Crippen LogP contribution < -0.4 is 22.9 Å². The maximum atomic E-state index is 6.53. The van der Waals surface area contributed by atoms with E-state index in [1.807, 2.05) is 0 Å². The van der Waals surface area contributed by atoms with Gasteiger partial charge in [0, 0.05) is 34.6 Å². The van der Waals surface area contributed by atoms with E-state index < -0.39 is 0 Å². The summed E-state index contributed by atoms with van der Waals surface area (Å²) in [6, 6.07) is 36.4. The van der Waals surface area contributed by atoms with Crippen molar-refractivity contribution in [3.05, 3.63) is 175 Å². The minimum atomic E-state index is 0.0455. The summed E-state index contributed by atoms with van der Waals surface area (Å²) in [6.45, 7) is 17.2. The summed E-state index contributed by atoms with van der Waals surface area (Å²) in [5.41, 5.74) is 48.7. The predicted molar refractivity (Wildman–Crippen MR) is 234 cm³/mol. The predicted octanol–water partition coefficient (Wildman–Crippen LogP) is 11.5. The summed E-state index contributed by atoms with van der Waals surface area (Å²) >= 11 is 0. The molecule has 0 aliphatic heterocycles. The van der Waals surface area contributed by atoms with Crippen LogP contribution in [0.15, 0.2) is 97.1 Å². The van der Waals surface area contributed by atoms with E-state index >= 15 is 0 Å². The van der Waals surface area contributed by atoms with Gasteiger partial charge in [0.25, 0.3) is 0 Å². The van der Waals surface area contributed by atoms with Gasteiger partial charge in [-0.2, -0.15) is 0 Å². The molecule has 6 aromatic rings. The molecule has 4 nitrogen and oxygen atoms in total. The third-order valence-electron chi connectivity index (χ3n) is 11.7. The maximum Gasteiger partial charge on any atom is 0.0376 e. The quantitative estimate of drug-likeness (QED) is 0.0792. The highest BCUT2D eigenvalue weighted by Gasteiger charge is 2.23. The molecule has 4 heteroatoms. The van der Waals surface area contributed by atoms with Gasteiger partial charge in [-0.3, -0.25) is 0 Å². The molecular weight excluding hydrogens is 657 g/mol. The van der Waals surface area contributed by atoms with E-state index in [2.05, 4.69) is 152 Å². The first kappa shape index (κ1) is 38.3. The fraction of sp³-hybridized carbons (Fsp3) is 0.280. The lowest BCUT2D eigenvalue weighted by Crippen LogP contribution is -2.09. The van der Waals surface area contributed by atoms with Gasteiger partial charge in [0.15, 0.2) is 0 Å². The van der Waals surface area contributed by atoms with Crippen LogP contribution in [0.25, 0.3) is 11.1 Å². The molecule has 0 spiro atoms. The molecule has 0 fully saturated rings. The first-order valence-electron chi connectivity index (χ1n) is 19.6. The zero-order valence-electron chi connectivity index (χ0n) is 33.5. The van der Waals surface area contributed by atoms with Gasteiger partial charge in [0.05, 0.1) is 0 Å². The van der Waals surface area contributed by atoms with Gasteiger partial charge in [0.2, 0.25) is 0 Å². The molecule has 0 radical (unpaired) electrons. The molecule has 0 aliphatic rings. The molecule has 0 saturated heterocycles. The van der Waals surface area contributed by atoms with Crippen LogP contribution in [0.4, 0.5) is 22.7 Å². The average molecular weight is 715 g/mol. The lowest BCUT2D eigenvalue weighted by molar-refractivity contribution is 0.953. The molecule has 278 valence electrons. The van der Waals surface area contributed by atoms with Crippen molar-refractivity contribution in [3.63, 3.8) is 0 Å². The van der Waals surface area contributed by atoms with Crippen molar-refractivity contribution in [2.45, 2.75) is 92.9 Å². The zero-order valence-corrected chi connectivity index (χ0v) is 33.5. The van der Waals surface area contributed by atoms with Gasteiger partial charge in [-0.05, 0) is 142 Å². The van der Waals surface area contributed by atoms with Crippen LogP contribution in [-0.2, 0) is 25.7 Å². The fourth-order valence-corrected chi connectivity index (χ4v) is 8.33. The van der Waals surface area contributed by atoms with Crippen LogP contribution in [-0.4, -0.2) is 0 Å². The minimum absolute atomic E-state index is 0.0455. The Bertz CT molecular complexity index is 2010. The zero-order chi connectivity index (χ0) is 38.8. The Hall–Kier alpha value is -5.48. The van der Waals surface area contributed by atoms with Gasteiger partial charge in [0.1, 0.15) is 0 Å². The van der Waals surface area contributed by atoms with Crippen molar-refractivity contribution >= 4 is 22.7 Å². The van der Waals surface area contributed by atoms with Crippen LogP contribution in [0.3, 0.4) is 0 Å². The van der Waals surface area contributed by atoms with Gasteiger partial charge in [-0.15, -0.1) is 0 Å². The first-order valence-corrected chi connectivity index (χ1v) is 19.6. The van der Waals surface area contributed by atoms with Crippen molar-refractivity contribution in [1.29, 1.82) is 0 Å². The minimum Gasteiger partial charge on any atom is -0.398 e. The number of benzene rings is 6. The topological polar surface area (TPSA) is 104 Å².